The van der Waals surface area contributed by atoms with Crippen molar-refractivity contribution in [3.05, 3.63) is 59.2 Å². The highest BCUT2D eigenvalue weighted by molar-refractivity contribution is 5.97. The average molecular weight is 395 g/mol. The first-order valence-electron chi connectivity index (χ1n) is 10.5. The molecule has 29 heavy (non-hydrogen) atoms. The highest BCUT2D eigenvalue weighted by atomic mass is 16.5. The van der Waals surface area contributed by atoms with Crippen LogP contribution in [0.5, 0.6) is 11.5 Å². The maximum atomic E-state index is 13.0. The van der Waals surface area contributed by atoms with Crippen LogP contribution in [0.15, 0.2) is 42.5 Å². The molecule has 0 unspecified atom stereocenters. The number of rotatable bonds is 6. The van der Waals surface area contributed by atoms with Crippen molar-refractivity contribution in [2.75, 3.05) is 26.7 Å². The van der Waals surface area contributed by atoms with Gasteiger partial charge in [0.1, 0.15) is 17.6 Å². The number of methoxy groups -OCH3 is 1. The van der Waals surface area contributed by atoms with Crippen molar-refractivity contribution >= 4 is 5.91 Å². The van der Waals surface area contributed by atoms with Gasteiger partial charge in [0.25, 0.3) is 5.91 Å². The molecule has 2 aliphatic heterocycles. The molecule has 4 rings (SSSR count). The molecule has 154 valence electrons. The molecular weight excluding hydrogens is 364 g/mol. The molecule has 0 aromatic heterocycles. The van der Waals surface area contributed by atoms with Gasteiger partial charge in [-0.1, -0.05) is 31.2 Å². The zero-order valence-electron chi connectivity index (χ0n) is 17.5. The number of nitrogens with one attached hydrogen (secondary N) is 1. The zero-order chi connectivity index (χ0) is 20.4. The summed E-state index contributed by atoms with van der Waals surface area (Å²) in [6.07, 6.45) is 2.50. The number of nitrogens with zero attached hydrogens (tertiary/aromatic N) is 1. The van der Waals surface area contributed by atoms with E-state index in [1.165, 1.54) is 18.4 Å². The lowest BCUT2D eigenvalue weighted by atomic mass is 9.96. The zero-order valence-corrected chi connectivity index (χ0v) is 17.5. The molecule has 2 aliphatic rings. The van der Waals surface area contributed by atoms with Gasteiger partial charge in [0.05, 0.1) is 18.7 Å². The van der Waals surface area contributed by atoms with Crippen molar-refractivity contribution in [3.63, 3.8) is 0 Å². The topological polar surface area (TPSA) is 50.8 Å². The van der Waals surface area contributed by atoms with E-state index in [1.54, 1.807) is 7.11 Å². The Morgan fingerprint density at radius 1 is 1.17 bits per heavy atom. The summed E-state index contributed by atoms with van der Waals surface area (Å²) in [5.41, 5.74) is 2.95. The Kier molecular flexibility index (Phi) is 5.76. The Hall–Kier alpha value is -2.53. The number of ether oxygens (including phenoxy) is 2. The average Bonchev–Trinajstić information content (AvgIpc) is 3.37. The number of carbonyl (C=O) groups excluding carboxylic acids is 1. The van der Waals surface area contributed by atoms with Gasteiger partial charge in [-0.2, -0.15) is 0 Å². The summed E-state index contributed by atoms with van der Waals surface area (Å²) in [6, 6.07) is 14.2. The van der Waals surface area contributed by atoms with E-state index in [9.17, 15) is 4.79 Å². The summed E-state index contributed by atoms with van der Waals surface area (Å²) >= 11 is 0. The number of carbonyl (C=O) groups is 1. The van der Waals surface area contributed by atoms with E-state index >= 15 is 0 Å². The maximum absolute atomic E-state index is 13.0. The third-order valence-electron chi connectivity index (χ3n) is 6.33. The first kappa shape index (κ1) is 19.8. The monoisotopic (exact) mass is 394 g/mol. The van der Waals surface area contributed by atoms with E-state index in [4.69, 9.17) is 9.47 Å². The molecule has 5 nitrogen and oxygen atoms in total. The van der Waals surface area contributed by atoms with Gasteiger partial charge in [-0.3, -0.25) is 9.69 Å². The fraction of sp³-hybridized carbons (Fsp3) is 0.458. The van der Waals surface area contributed by atoms with Crippen molar-refractivity contribution in [1.82, 2.24) is 10.2 Å². The second-order valence-corrected chi connectivity index (χ2v) is 8.08. The van der Waals surface area contributed by atoms with E-state index in [1.807, 2.05) is 24.3 Å². The molecule has 3 atom stereocenters. The molecule has 0 radical (unpaired) electrons. The van der Waals surface area contributed by atoms with Gasteiger partial charge < -0.3 is 14.8 Å². The summed E-state index contributed by atoms with van der Waals surface area (Å²) in [6.45, 7) is 6.89. The Balaban J connectivity index is 1.51. The number of hydrogen-bond acceptors (Lipinski definition) is 4. The number of likely N-dealkylation sites (tertiary alicyclic amines) is 1. The van der Waals surface area contributed by atoms with Crippen LogP contribution >= 0.6 is 0 Å². The number of hydrogen-bond donors (Lipinski definition) is 1. The molecule has 1 amide bonds. The molecule has 2 aromatic carbocycles. The molecule has 2 aromatic rings. The second kappa shape index (κ2) is 8.46. The molecule has 0 spiro atoms. The van der Waals surface area contributed by atoms with Gasteiger partial charge in [0, 0.05) is 18.0 Å². The second-order valence-electron chi connectivity index (χ2n) is 8.08. The fourth-order valence-corrected chi connectivity index (χ4v) is 4.39. The standard InChI is InChI=1S/C24H30N2O3/c1-16-17(2)29-23-20(16)7-6-8-21(23)24(27)25-15-22(26-13-4-5-14-26)18-9-11-19(28-3)12-10-18/h6-12,16-17,22H,4-5,13-15H2,1-3H3,(H,25,27)/t16-,17-,22+/m1/s1. The lowest BCUT2D eigenvalue weighted by Crippen LogP contribution is -2.36. The van der Waals surface area contributed by atoms with Gasteiger partial charge >= 0.3 is 0 Å². The number of amides is 1. The van der Waals surface area contributed by atoms with Crippen molar-refractivity contribution in [3.8, 4) is 11.5 Å². The number of fused-ring (bicyclic) bond motifs is 1. The van der Waals surface area contributed by atoms with Crippen LogP contribution in [-0.2, 0) is 0 Å². The van der Waals surface area contributed by atoms with Gasteiger partial charge in [-0.05, 0) is 56.6 Å². The molecule has 0 bridgehead atoms. The van der Waals surface area contributed by atoms with Crippen molar-refractivity contribution in [1.29, 1.82) is 0 Å². The lowest BCUT2D eigenvalue weighted by Gasteiger charge is -2.28. The van der Waals surface area contributed by atoms with Gasteiger partial charge in [-0.15, -0.1) is 0 Å². The number of para-hydroxylation sites is 1. The largest absolute Gasteiger partial charge is 0.497 e. The normalized spacial score (nSPS) is 22.0. The predicted octanol–water partition coefficient (Wildman–Crippen LogP) is 4.15. The molecule has 1 fully saturated rings. The Labute approximate surface area is 173 Å². The van der Waals surface area contributed by atoms with E-state index in [0.29, 0.717) is 18.0 Å². The quantitative estimate of drug-likeness (QED) is 0.800. The smallest absolute Gasteiger partial charge is 0.255 e. The van der Waals surface area contributed by atoms with Crippen LogP contribution in [0.1, 0.15) is 60.1 Å². The van der Waals surface area contributed by atoms with Crippen molar-refractivity contribution in [2.24, 2.45) is 0 Å². The molecule has 5 heteroatoms. The summed E-state index contributed by atoms with van der Waals surface area (Å²) in [4.78, 5) is 15.5. The Bertz CT molecular complexity index is 859. The van der Waals surface area contributed by atoms with Crippen LogP contribution in [0.2, 0.25) is 0 Å². The van der Waals surface area contributed by atoms with Gasteiger partial charge in [-0.25, -0.2) is 0 Å². The van der Waals surface area contributed by atoms with Gasteiger partial charge in [0.2, 0.25) is 0 Å². The van der Waals surface area contributed by atoms with Crippen molar-refractivity contribution < 1.29 is 14.3 Å². The van der Waals surface area contributed by atoms with Crippen LogP contribution < -0.4 is 14.8 Å². The molecule has 1 N–H and O–H groups in total. The third kappa shape index (κ3) is 3.97. The minimum absolute atomic E-state index is 0.0686. The molecule has 1 saturated heterocycles. The van der Waals surface area contributed by atoms with Crippen molar-refractivity contribution in [2.45, 2.75) is 44.8 Å². The van der Waals surface area contributed by atoms with Crippen LogP contribution in [-0.4, -0.2) is 43.7 Å². The third-order valence-corrected chi connectivity index (χ3v) is 6.33. The van der Waals surface area contributed by atoms with E-state index in [0.717, 1.165) is 30.2 Å². The summed E-state index contributed by atoms with van der Waals surface area (Å²) in [7, 11) is 1.68. The van der Waals surface area contributed by atoms with E-state index < -0.39 is 0 Å². The van der Waals surface area contributed by atoms with Gasteiger partial charge in [0.15, 0.2) is 0 Å². The minimum Gasteiger partial charge on any atom is -0.497 e. The Morgan fingerprint density at radius 3 is 2.59 bits per heavy atom. The lowest BCUT2D eigenvalue weighted by molar-refractivity contribution is 0.0933. The Morgan fingerprint density at radius 2 is 1.90 bits per heavy atom. The fourth-order valence-electron chi connectivity index (χ4n) is 4.39. The SMILES string of the molecule is COc1ccc([C@H](CNC(=O)c2cccc3c2O[C@H](C)[C@H]3C)N2CCCC2)cc1. The molecule has 0 saturated carbocycles. The van der Waals surface area contributed by atoms with E-state index in [2.05, 4.69) is 42.3 Å². The van der Waals surface area contributed by atoms with Crippen LogP contribution in [0.4, 0.5) is 0 Å². The first-order valence-corrected chi connectivity index (χ1v) is 10.5. The van der Waals surface area contributed by atoms with E-state index in [-0.39, 0.29) is 18.1 Å². The van der Waals surface area contributed by atoms with Crippen LogP contribution in [0.25, 0.3) is 0 Å². The summed E-state index contributed by atoms with van der Waals surface area (Å²) in [5, 5.41) is 3.17. The molecule has 2 heterocycles. The minimum atomic E-state index is -0.0686. The molecular formula is C24H30N2O3. The highest BCUT2D eigenvalue weighted by Crippen LogP contribution is 2.40. The number of benzene rings is 2. The first-order chi connectivity index (χ1) is 14.1. The highest BCUT2D eigenvalue weighted by Gasteiger charge is 2.31. The maximum Gasteiger partial charge on any atom is 0.255 e. The molecule has 0 aliphatic carbocycles. The summed E-state index contributed by atoms with van der Waals surface area (Å²) in [5.74, 6) is 1.82. The van der Waals surface area contributed by atoms with Crippen LogP contribution in [0, 0.1) is 0 Å². The summed E-state index contributed by atoms with van der Waals surface area (Å²) < 4.78 is 11.3. The van der Waals surface area contributed by atoms with Crippen LogP contribution in [0.3, 0.4) is 0 Å². The predicted molar refractivity (Wildman–Crippen MR) is 114 cm³/mol.